The Morgan fingerprint density at radius 3 is 2.43 bits per heavy atom. The summed E-state index contributed by atoms with van der Waals surface area (Å²) < 4.78 is 17.7. The van der Waals surface area contributed by atoms with E-state index in [1.807, 2.05) is 36.6 Å². The van der Waals surface area contributed by atoms with Gasteiger partial charge in [0.25, 0.3) is 11.8 Å². The highest BCUT2D eigenvalue weighted by molar-refractivity contribution is 7.98. The number of rotatable bonds is 13. The molecule has 0 aliphatic heterocycles. The number of pyridine rings is 2. The number of hydrogen-bond acceptors (Lipinski definition) is 9. The summed E-state index contributed by atoms with van der Waals surface area (Å²) in [4.78, 5) is 48.1. The lowest BCUT2D eigenvalue weighted by atomic mass is 10.1. The van der Waals surface area contributed by atoms with Crippen LogP contribution in [0.15, 0.2) is 90.1 Å². The van der Waals surface area contributed by atoms with Crippen molar-refractivity contribution in [3.8, 4) is 5.75 Å². The standard InChI is InChI=1S/C34H36ClN5O6S/c1-34(2,3)46-33(43)38-19-24(44-20-22-9-6-5-7-10-22)21-45-28-17-25(47-4)13-14-26(28)31(41)39-27-11-8-16-36-30(27)32(42)40-29-15-12-23(35)18-37-29/h5-18,24H,19-21H2,1-4H3,(H,38,43)(H,39,41)(H,37,40,42)/t24-/m1/s1. The van der Waals surface area contributed by atoms with Gasteiger partial charge in [0.2, 0.25) is 0 Å². The largest absolute Gasteiger partial charge is 0.490 e. The van der Waals surface area contributed by atoms with Crippen molar-refractivity contribution < 1.29 is 28.6 Å². The minimum Gasteiger partial charge on any atom is -0.490 e. The molecule has 11 nitrogen and oxygen atoms in total. The predicted molar refractivity (Wildman–Crippen MR) is 182 cm³/mol. The van der Waals surface area contributed by atoms with Gasteiger partial charge in [-0.1, -0.05) is 41.9 Å². The second kappa shape index (κ2) is 16.8. The van der Waals surface area contributed by atoms with Gasteiger partial charge in [-0.25, -0.2) is 14.8 Å². The normalized spacial score (nSPS) is 11.7. The Hall–Kier alpha value is -4.65. The van der Waals surface area contributed by atoms with Crippen LogP contribution in [0.2, 0.25) is 5.02 Å². The van der Waals surface area contributed by atoms with Crippen molar-refractivity contribution in [2.24, 2.45) is 0 Å². The van der Waals surface area contributed by atoms with Gasteiger partial charge in [-0.15, -0.1) is 11.8 Å². The molecule has 2 heterocycles. The highest BCUT2D eigenvalue weighted by Crippen LogP contribution is 2.27. The number of hydrogen-bond donors (Lipinski definition) is 3. The average molecular weight is 678 g/mol. The lowest BCUT2D eigenvalue weighted by molar-refractivity contribution is 0.00524. The van der Waals surface area contributed by atoms with Gasteiger partial charge in [-0.2, -0.15) is 0 Å². The fraction of sp³-hybridized carbons (Fsp3) is 0.265. The maximum atomic E-state index is 13.6. The summed E-state index contributed by atoms with van der Waals surface area (Å²) in [6.45, 7) is 5.73. The Bertz CT molecular complexity index is 1670. The quantitative estimate of drug-likeness (QED) is 0.130. The van der Waals surface area contributed by atoms with E-state index in [2.05, 4.69) is 25.9 Å². The zero-order valence-electron chi connectivity index (χ0n) is 26.4. The zero-order chi connectivity index (χ0) is 33.8. The number of nitrogens with one attached hydrogen (secondary N) is 3. The second-order valence-electron chi connectivity index (χ2n) is 11.1. The number of amides is 3. The molecule has 2 aromatic heterocycles. The molecule has 0 bridgehead atoms. The van der Waals surface area contributed by atoms with E-state index in [9.17, 15) is 14.4 Å². The lowest BCUT2D eigenvalue weighted by Crippen LogP contribution is -2.40. The Morgan fingerprint density at radius 1 is 0.936 bits per heavy atom. The Balaban J connectivity index is 1.50. The molecule has 3 N–H and O–H groups in total. The lowest BCUT2D eigenvalue weighted by Gasteiger charge is -2.23. The topological polar surface area (TPSA) is 141 Å². The number of alkyl carbamates (subject to hydrolysis) is 1. The number of carbonyl (C=O) groups is 3. The van der Waals surface area contributed by atoms with Crippen molar-refractivity contribution in [2.45, 2.75) is 44.0 Å². The number of benzene rings is 2. The molecule has 0 aliphatic rings. The number of halogens is 1. The number of thioether (sulfide) groups is 1. The summed E-state index contributed by atoms with van der Waals surface area (Å²) in [5, 5.41) is 8.59. The fourth-order valence-corrected chi connectivity index (χ4v) is 4.63. The Labute approximate surface area is 282 Å². The molecule has 0 spiro atoms. The Kier molecular flexibility index (Phi) is 12.6. The molecule has 3 amide bonds. The average Bonchev–Trinajstić information content (AvgIpc) is 3.05. The van der Waals surface area contributed by atoms with E-state index >= 15 is 0 Å². The Morgan fingerprint density at radius 2 is 1.72 bits per heavy atom. The first-order valence-corrected chi connectivity index (χ1v) is 16.2. The highest BCUT2D eigenvalue weighted by atomic mass is 35.5. The van der Waals surface area contributed by atoms with Crippen LogP contribution in [0.1, 0.15) is 47.2 Å². The zero-order valence-corrected chi connectivity index (χ0v) is 28.0. The molecule has 1 atom stereocenters. The minimum absolute atomic E-state index is 0.00931. The molecule has 0 aliphatic carbocycles. The number of ether oxygens (including phenoxy) is 3. The van der Waals surface area contributed by atoms with Crippen LogP contribution >= 0.6 is 23.4 Å². The summed E-state index contributed by atoms with van der Waals surface area (Å²) in [6.07, 6.45) is 3.59. The molecule has 4 aromatic rings. The molecular weight excluding hydrogens is 642 g/mol. The van der Waals surface area contributed by atoms with E-state index < -0.39 is 29.6 Å². The van der Waals surface area contributed by atoms with Crippen LogP contribution in [0, 0.1) is 0 Å². The van der Waals surface area contributed by atoms with Crippen molar-refractivity contribution in [3.63, 3.8) is 0 Å². The molecule has 4 rings (SSSR count). The van der Waals surface area contributed by atoms with Crippen molar-refractivity contribution in [3.05, 3.63) is 107 Å². The highest BCUT2D eigenvalue weighted by Gasteiger charge is 2.22. The minimum atomic E-state index is -0.664. The van der Waals surface area contributed by atoms with E-state index in [1.165, 1.54) is 24.2 Å². The second-order valence-corrected chi connectivity index (χ2v) is 12.5. The fourth-order valence-electron chi connectivity index (χ4n) is 4.09. The maximum Gasteiger partial charge on any atom is 0.407 e. The summed E-state index contributed by atoms with van der Waals surface area (Å²) in [5.74, 6) is -0.523. The third kappa shape index (κ3) is 11.3. The van der Waals surface area contributed by atoms with E-state index in [0.29, 0.717) is 10.8 Å². The van der Waals surface area contributed by atoms with Crippen molar-refractivity contribution >= 4 is 52.8 Å². The molecule has 47 heavy (non-hydrogen) atoms. The summed E-state index contributed by atoms with van der Waals surface area (Å²) in [5.41, 5.74) is 0.683. The van der Waals surface area contributed by atoms with Crippen LogP contribution < -0.4 is 20.7 Å². The third-order valence-corrected chi connectivity index (χ3v) is 7.25. The molecule has 2 aromatic carbocycles. The number of aromatic nitrogens is 2. The molecule has 0 unspecified atom stereocenters. The van der Waals surface area contributed by atoms with Crippen molar-refractivity contribution in [1.29, 1.82) is 0 Å². The molecular formula is C34H36ClN5O6S. The van der Waals surface area contributed by atoms with Crippen LogP contribution in [0.5, 0.6) is 5.75 Å². The first kappa shape index (κ1) is 35.2. The van der Waals surface area contributed by atoms with E-state index in [-0.39, 0.29) is 42.5 Å². The first-order chi connectivity index (χ1) is 22.5. The molecule has 13 heteroatoms. The van der Waals surface area contributed by atoms with Gasteiger partial charge in [0, 0.05) is 17.3 Å². The third-order valence-electron chi connectivity index (χ3n) is 6.30. The van der Waals surface area contributed by atoms with Crippen LogP contribution in [-0.2, 0) is 16.1 Å². The SMILES string of the molecule is CSc1ccc(C(=O)Nc2cccnc2C(=O)Nc2ccc(Cl)cn2)c(OC[C@@H](CNC(=O)OC(C)(C)C)OCc2ccccc2)c1. The van der Waals surface area contributed by atoms with Gasteiger partial charge in [-0.3, -0.25) is 9.59 Å². The maximum absolute atomic E-state index is 13.6. The smallest absolute Gasteiger partial charge is 0.407 e. The van der Waals surface area contributed by atoms with Gasteiger partial charge in [0.05, 0.1) is 29.4 Å². The summed E-state index contributed by atoms with van der Waals surface area (Å²) >= 11 is 7.38. The van der Waals surface area contributed by atoms with Crippen LogP contribution in [-0.4, -0.2) is 59.0 Å². The van der Waals surface area contributed by atoms with E-state index in [4.69, 9.17) is 25.8 Å². The monoisotopic (exact) mass is 677 g/mol. The van der Waals surface area contributed by atoms with E-state index in [0.717, 1.165) is 10.5 Å². The molecule has 0 radical (unpaired) electrons. The van der Waals surface area contributed by atoms with Crippen LogP contribution in [0.25, 0.3) is 0 Å². The molecule has 0 saturated heterocycles. The number of anilines is 2. The van der Waals surface area contributed by atoms with Crippen LogP contribution in [0.3, 0.4) is 0 Å². The van der Waals surface area contributed by atoms with Gasteiger partial charge in [-0.05, 0) is 75.1 Å². The number of nitrogens with zero attached hydrogens (tertiary/aromatic N) is 2. The van der Waals surface area contributed by atoms with Crippen molar-refractivity contribution in [2.75, 3.05) is 30.0 Å². The van der Waals surface area contributed by atoms with Crippen LogP contribution in [0.4, 0.5) is 16.3 Å². The summed E-state index contributed by atoms with van der Waals surface area (Å²) in [6, 6.07) is 21.1. The summed E-state index contributed by atoms with van der Waals surface area (Å²) in [7, 11) is 0. The van der Waals surface area contributed by atoms with Gasteiger partial charge >= 0.3 is 6.09 Å². The molecule has 246 valence electrons. The van der Waals surface area contributed by atoms with Gasteiger partial charge in [0.15, 0.2) is 5.69 Å². The number of carbonyl (C=O) groups excluding carboxylic acids is 3. The van der Waals surface area contributed by atoms with Crippen molar-refractivity contribution in [1.82, 2.24) is 15.3 Å². The predicted octanol–water partition coefficient (Wildman–Crippen LogP) is 6.85. The molecule has 0 saturated carbocycles. The first-order valence-electron chi connectivity index (χ1n) is 14.6. The molecule has 0 fully saturated rings. The van der Waals surface area contributed by atoms with Gasteiger partial charge in [0.1, 0.15) is 29.9 Å². The van der Waals surface area contributed by atoms with E-state index in [1.54, 1.807) is 63.2 Å². The van der Waals surface area contributed by atoms with Gasteiger partial charge < -0.3 is 30.2 Å².